The van der Waals surface area contributed by atoms with E-state index < -0.39 is 18.3 Å². The summed E-state index contributed by atoms with van der Waals surface area (Å²) in [6, 6.07) is 0. The van der Waals surface area contributed by atoms with Crippen LogP contribution in [0.1, 0.15) is 90.4 Å². The van der Waals surface area contributed by atoms with Gasteiger partial charge < -0.3 is 9.84 Å². The highest BCUT2D eigenvalue weighted by Crippen LogP contribution is 2.31. The SMILES string of the molecule is COC(=O)CC(C)CC1CCC(F)CC1.O=C(O)CCCC1CCC(F)CC1. The summed E-state index contributed by atoms with van der Waals surface area (Å²) >= 11 is 0. The molecule has 0 aromatic rings. The Kier molecular flexibility index (Phi) is 12.3. The summed E-state index contributed by atoms with van der Waals surface area (Å²) in [7, 11) is 1.42. The average Bonchev–Trinajstić information content (AvgIpc) is 2.65. The first-order valence-electron chi connectivity index (χ1n) is 10.9. The summed E-state index contributed by atoms with van der Waals surface area (Å²) in [5, 5.41) is 8.43. The Morgan fingerprint density at radius 3 is 1.93 bits per heavy atom. The van der Waals surface area contributed by atoms with Crippen LogP contribution < -0.4 is 0 Å². The number of hydrogen-bond donors (Lipinski definition) is 1. The summed E-state index contributed by atoms with van der Waals surface area (Å²) in [5.74, 6) is 0.683. The second-order valence-electron chi connectivity index (χ2n) is 8.64. The maximum Gasteiger partial charge on any atom is 0.305 e. The molecule has 0 aromatic heterocycles. The first kappa shape index (κ1) is 24.8. The number of methoxy groups -OCH3 is 1. The Morgan fingerprint density at radius 1 is 0.964 bits per heavy atom. The van der Waals surface area contributed by atoms with Crippen molar-refractivity contribution in [1.29, 1.82) is 0 Å². The van der Waals surface area contributed by atoms with E-state index >= 15 is 0 Å². The minimum atomic E-state index is -0.723. The molecule has 164 valence electrons. The average molecular weight is 405 g/mol. The largest absolute Gasteiger partial charge is 0.481 e. The molecule has 0 heterocycles. The van der Waals surface area contributed by atoms with Crippen LogP contribution in [-0.2, 0) is 14.3 Å². The van der Waals surface area contributed by atoms with Crippen molar-refractivity contribution in [3.05, 3.63) is 0 Å². The highest BCUT2D eigenvalue weighted by Gasteiger charge is 2.23. The molecule has 2 aliphatic carbocycles. The van der Waals surface area contributed by atoms with Gasteiger partial charge in [0.25, 0.3) is 0 Å². The van der Waals surface area contributed by atoms with Gasteiger partial charge in [0.15, 0.2) is 0 Å². The maximum atomic E-state index is 12.9. The zero-order valence-corrected chi connectivity index (χ0v) is 17.5. The second kappa shape index (κ2) is 13.9. The lowest BCUT2D eigenvalue weighted by Gasteiger charge is -2.26. The topological polar surface area (TPSA) is 63.6 Å². The molecule has 0 amide bonds. The minimum Gasteiger partial charge on any atom is -0.481 e. The van der Waals surface area contributed by atoms with E-state index in [0.29, 0.717) is 49.9 Å². The number of rotatable bonds is 8. The normalized spacial score (nSPS) is 28.6. The zero-order chi connectivity index (χ0) is 20.9. The molecule has 1 N–H and O–H groups in total. The van der Waals surface area contributed by atoms with E-state index in [1.54, 1.807) is 0 Å². The fourth-order valence-electron chi connectivity index (χ4n) is 4.33. The molecule has 4 nitrogen and oxygen atoms in total. The molecule has 2 saturated carbocycles. The summed E-state index contributed by atoms with van der Waals surface area (Å²) in [6.07, 6.45) is 8.91. The van der Waals surface area contributed by atoms with Gasteiger partial charge in [-0.05, 0) is 88.4 Å². The van der Waals surface area contributed by atoms with Crippen LogP contribution in [0.3, 0.4) is 0 Å². The van der Waals surface area contributed by atoms with E-state index in [0.717, 1.165) is 44.9 Å². The van der Waals surface area contributed by atoms with Gasteiger partial charge in [0.1, 0.15) is 12.3 Å². The van der Waals surface area contributed by atoms with Crippen molar-refractivity contribution in [1.82, 2.24) is 0 Å². The fourth-order valence-corrected chi connectivity index (χ4v) is 4.33. The molecular formula is C22H38F2O4. The monoisotopic (exact) mass is 404 g/mol. The summed E-state index contributed by atoms with van der Waals surface area (Å²) in [4.78, 5) is 21.3. The standard InChI is InChI=1S/C12H21FO2.C10H17FO2/c1-9(8-12(14)15-2)7-10-3-5-11(13)6-4-10;11-9-6-4-8(5-7-9)2-1-3-10(12)13/h9-11H,3-8H2,1-2H3;8-9H,1-7H2,(H,12,13). The molecule has 0 spiro atoms. The predicted octanol–water partition coefficient (Wildman–Crippen LogP) is 5.87. The Labute approximate surface area is 168 Å². The Hall–Kier alpha value is -1.20. The number of carbonyl (C=O) groups is 2. The van der Waals surface area contributed by atoms with Gasteiger partial charge in [0.05, 0.1) is 7.11 Å². The van der Waals surface area contributed by atoms with Crippen LogP contribution in [0.25, 0.3) is 0 Å². The zero-order valence-electron chi connectivity index (χ0n) is 17.5. The third-order valence-electron chi connectivity index (χ3n) is 6.03. The van der Waals surface area contributed by atoms with Crippen molar-refractivity contribution >= 4 is 11.9 Å². The summed E-state index contributed by atoms with van der Waals surface area (Å²) < 4.78 is 30.2. The number of carboxylic acid groups (broad SMARTS) is 1. The van der Waals surface area contributed by atoms with Crippen molar-refractivity contribution in [2.75, 3.05) is 7.11 Å². The van der Waals surface area contributed by atoms with Gasteiger partial charge in [-0.25, -0.2) is 8.78 Å². The van der Waals surface area contributed by atoms with Gasteiger partial charge >= 0.3 is 11.9 Å². The molecule has 28 heavy (non-hydrogen) atoms. The van der Waals surface area contributed by atoms with Gasteiger partial charge in [-0.3, -0.25) is 9.59 Å². The number of esters is 1. The predicted molar refractivity (Wildman–Crippen MR) is 106 cm³/mol. The molecule has 2 fully saturated rings. The molecule has 2 aliphatic rings. The maximum absolute atomic E-state index is 12.9. The van der Waals surface area contributed by atoms with Crippen molar-refractivity contribution in [2.24, 2.45) is 17.8 Å². The quantitative estimate of drug-likeness (QED) is 0.514. The smallest absolute Gasteiger partial charge is 0.305 e. The Morgan fingerprint density at radius 2 is 1.46 bits per heavy atom. The highest BCUT2D eigenvalue weighted by atomic mass is 19.1. The van der Waals surface area contributed by atoms with Gasteiger partial charge in [0.2, 0.25) is 0 Å². The lowest BCUT2D eigenvalue weighted by Crippen LogP contribution is -2.18. The molecule has 2 rings (SSSR count). The summed E-state index contributed by atoms with van der Waals surface area (Å²) in [6.45, 7) is 2.07. The molecule has 0 saturated heterocycles. The first-order chi connectivity index (χ1) is 13.3. The molecule has 0 aromatic carbocycles. The Balaban J connectivity index is 0.000000283. The van der Waals surface area contributed by atoms with Crippen LogP contribution in [0, 0.1) is 17.8 Å². The van der Waals surface area contributed by atoms with E-state index in [-0.39, 0.29) is 12.4 Å². The summed E-state index contributed by atoms with van der Waals surface area (Å²) in [5.41, 5.74) is 0. The fraction of sp³-hybridized carbons (Fsp3) is 0.909. The molecular weight excluding hydrogens is 366 g/mol. The molecule has 0 aliphatic heterocycles. The lowest BCUT2D eigenvalue weighted by atomic mass is 9.82. The molecule has 0 radical (unpaired) electrons. The third kappa shape index (κ3) is 11.6. The van der Waals surface area contributed by atoms with Gasteiger partial charge in [0, 0.05) is 12.8 Å². The van der Waals surface area contributed by atoms with Crippen LogP contribution in [0.2, 0.25) is 0 Å². The lowest BCUT2D eigenvalue weighted by molar-refractivity contribution is -0.141. The van der Waals surface area contributed by atoms with E-state index in [4.69, 9.17) is 5.11 Å². The van der Waals surface area contributed by atoms with Gasteiger partial charge in [-0.15, -0.1) is 0 Å². The van der Waals surface area contributed by atoms with Crippen molar-refractivity contribution in [2.45, 2.75) is 103 Å². The number of halogens is 2. The van der Waals surface area contributed by atoms with Crippen LogP contribution in [0.5, 0.6) is 0 Å². The number of alkyl halides is 2. The van der Waals surface area contributed by atoms with Gasteiger partial charge in [-0.2, -0.15) is 0 Å². The van der Waals surface area contributed by atoms with E-state index in [9.17, 15) is 18.4 Å². The molecule has 0 bridgehead atoms. The molecule has 1 unspecified atom stereocenters. The number of hydrogen-bond acceptors (Lipinski definition) is 3. The Bertz CT molecular complexity index is 442. The first-order valence-corrected chi connectivity index (χ1v) is 10.9. The second-order valence-corrected chi connectivity index (χ2v) is 8.64. The molecule has 1 atom stereocenters. The van der Waals surface area contributed by atoms with Crippen molar-refractivity contribution < 1.29 is 28.2 Å². The highest BCUT2D eigenvalue weighted by molar-refractivity contribution is 5.69. The van der Waals surface area contributed by atoms with Crippen molar-refractivity contribution in [3.8, 4) is 0 Å². The van der Waals surface area contributed by atoms with Crippen molar-refractivity contribution in [3.63, 3.8) is 0 Å². The van der Waals surface area contributed by atoms with Crippen LogP contribution in [0.4, 0.5) is 8.78 Å². The number of ether oxygens (including phenoxy) is 1. The minimum absolute atomic E-state index is 0.137. The van der Waals surface area contributed by atoms with E-state index in [1.165, 1.54) is 7.11 Å². The van der Waals surface area contributed by atoms with Crippen LogP contribution >= 0.6 is 0 Å². The third-order valence-corrected chi connectivity index (χ3v) is 6.03. The number of carbonyl (C=O) groups excluding carboxylic acids is 1. The number of carboxylic acids is 1. The van der Waals surface area contributed by atoms with Crippen LogP contribution in [-0.4, -0.2) is 36.5 Å². The van der Waals surface area contributed by atoms with E-state index in [2.05, 4.69) is 11.7 Å². The number of aliphatic carboxylic acids is 1. The molecule has 6 heteroatoms. The van der Waals surface area contributed by atoms with E-state index in [1.807, 2.05) is 0 Å². The van der Waals surface area contributed by atoms with Crippen LogP contribution in [0.15, 0.2) is 0 Å². The van der Waals surface area contributed by atoms with Gasteiger partial charge in [-0.1, -0.05) is 6.92 Å².